The van der Waals surface area contributed by atoms with Gasteiger partial charge in [0.05, 0.1) is 19.2 Å². The highest BCUT2D eigenvalue weighted by Gasteiger charge is 2.29. The topological polar surface area (TPSA) is 29.5 Å². The lowest BCUT2D eigenvalue weighted by atomic mass is 10.1. The van der Waals surface area contributed by atoms with E-state index in [1.807, 2.05) is 12.1 Å². The number of methoxy groups -OCH3 is 1. The minimum atomic E-state index is -0.0147. The summed E-state index contributed by atoms with van der Waals surface area (Å²) >= 11 is 5.81. The molecule has 1 aliphatic rings. The molecule has 0 fully saturated rings. The Morgan fingerprint density at radius 3 is 2.50 bits per heavy atom. The van der Waals surface area contributed by atoms with Gasteiger partial charge in [-0.3, -0.25) is 4.79 Å². The maximum atomic E-state index is 11.9. The molecule has 1 aromatic rings. The van der Waals surface area contributed by atoms with E-state index in [-0.39, 0.29) is 5.91 Å². The van der Waals surface area contributed by atoms with Crippen molar-refractivity contribution in [3.8, 4) is 0 Å². The molecule has 1 aromatic carbocycles. The third-order valence-electron chi connectivity index (χ3n) is 2.60. The van der Waals surface area contributed by atoms with Crippen molar-refractivity contribution in [2.24, 2.45) is 0 Å². The van der Waals surface area contributed by atoms with E-state index in [2.05, 4.69) is 0 Å². The van der Waals surface area contributed by atoms with Gasteiger partial charge in [0.1, 0.15) is 5.76 Å². The predicted octanol–water partition coefficient (Wildman–Crippen LogP) is 2.17. The Kier molecular flexibility index (Phi) is 2.88. The largest absolute Gasteiger partial charge is 0.498 e. The van der Waals surface area contributed by atoms with E-state index in [1.54, 1.807) is 31.2 Å². The first kappa shape index (κ1) is 11.0. The van der Waals surface area contributed by atoms with Crippen molar-refractivity contribution in [3.05, 3.63) is 40.6 Å². The second-order valence-corrected chi connectivity index (χ2v) is 4.11. The molecule has 0 N–H and O–H groups in total. The van der Waals surface area contributed by atoms with Gasteiger partial charge in [0, 0.05) is 12.1 Å². The SMILES string of the molecule is COC1=C(c2ccc(Cl)cc2)C(=O)N(C)C1. The highest BCUT2D eigenvalue weighted by molar-refractivity contribution is 6.30. The molecular weight excluding hydrogens is 226 g/mol. The fraction of sp³-hybridized carbons (Fsp3) is 0.250. The molecule has 1 heterocycles. The van der Waals surface area contributed by atoms with Crippen LogP contribution in [-0.4, -0.2) is 31.5 Å². The molecule has 0 aliphatic carbocycles. The van der Waals surface area contributed by atoms with Gasteiger partial charge >= 0.3 is 0 Å². The molecular formula is C12H12ClNO2. The van der Waals surface area contributed by atoms with Gasteiger partial charge < -0.3 is 9.64 Å². The molecule has 0 unspecified atom stereocenters. The average molecular weight is 238 g/mol. The first-order valence-electron chi connectivity index (χ1n) is 4.92. The van der Waals surface area contributed by atoms with Crippen LogP contribution in [0.15, 0.2) is 30.0 Å². The summed E-state index contributed by atoms with van der Waals surface area (Å²) in [6.07, 6.45) is 0. The second kappa shape index (κ2) is 4.18. The lowest BCUT2D eigenvalue weighted by Crippen LogP contribution is -2.21. The number of ether oxygens (including phenoxy) is 1. The Balaban J connectivity index is 2.45. The predicted molar refractivity (Wildman–Crippen MR) is 63.0 cm³/mol. The quantitative estimate of drug-likeness (QED) is 0.789. The van der Waals surface area contributed by atoms with Gasteiger partial charge in [0.2, 0.25) is 0 Å². The van der Waals surface area contributed by atoms with E-state index in [0.717, 1.165) is 5.56 Å². The van der Waals surface area contributed by atoms with Gasteiger partial charge in [-0.25, -0.2) is 0 Å². The maximum absolute atomic E-state index is 11.9. The summed E-state index contributed by atoms with van der Waals surface area (Å²) in [6, 6.07) is 7.19. The van der Waals surface area contributed by atoms with Crippen molar-refractivity contribution in [2.75, 3.05) is 20.7 Å². The van der Waals surface area contributed by atoms with Crippen LogP contribution in [0.5, 0.6) is 0 Å². The minimum absolute atomic E-state index is 0.0147. The first-order chi connectivity index (χ1) is 7.63. The van der Waals surface area contributed by atoms with Crippen LogP contribution in [0.4, 0.5) is 0 Å². The molecule has 2 rings (SSSR count). The number of hydrogen-bond donors (Lipinski definition) is 0. The molecule has 0 spiro atoms. The van der Waals surface area contributed by atoms with Crippen molar-refractivity contribution < 1.29 is 9.53 Å². The molecule has 4 heteroatoms. The molecule has 0 atom stereocenters. The third-order valence-corrected chi connectivity index (χ3v) is 2.85. The van der Waals surface area contributed by atoms with Gasteiger partial charge in [-0.05, 0) is 17.7 Å². The number of nitrogens with zero attached hydrogens (tertiary/aromatic N) is 1. The summed E-state index contributed by atoms with van der Waals surface area (Å²) < 4.78 is 5.23. The van der Waals surface area contributed by atoms with E-state index in [9.17, 15) is 4.79 Å². The molecule has 0 saturated heterocycles. The molecule has 1 amide bonds. The van der Waals surface area contributed by atoms with Crippen LogP contribution in [0.1, 0.15) is 5.56 Å². The van der Waals surface area contributed by atoms with Crippen LogP contribution in [0.2, 0.25) is 5.02 Å². The Hall–Kier alpha value is -1.48. The Morgan fingerprint density at radius 1 is 1.31 bits per heavy atom. The third kappa shape index (κ3) is 1.78. The van der Waals surface area contributed by atoms with E-state index in [0.29, 0.717) is 22.9 Å². The highest BCUT2D eigenvalue weighted by Crippen LogP contribution is 2.28. The number of carbonyl (C=O) groups is 1. The average Bonchev–Trinajstić information content (AvgIpc) is 2.57. The number of halogens is 1. The molecule has 0 aromatic heterocycles. The summed E-state index contributed by atoms with van der Waals surface area (Å²) in [5.41, 5.74) is 1.47. The van der Waals surface area contributed by atoms with Crippen molar-refractivity contribution in [1.82, 2.24) is 4.90 Å². The number of likely N-dealkylation sites (N-methyl/N-ethyl adjacent to an activating group) is 1. The second-order valence-electron chi connectivity index (χ2n) is 3.67. The Morgan fingerprint density at radius 2 is 1.94 bits per heavy atom. The van der Waals surface area contributed by atoms with Gasteiger partial charge in [0.15, 0.2) is 0 Å². The zero-order valence-corrected chi connectivity index (χ0v) is 9.91. The monoisotopic (exact) mass is 237 g/mol. The number of benzene rings is 1. The molecule has 0 radical (unpaired) electrons. The van der Waals surface area contributed by atoms with Crippen LogP contribution in [-0.2, 0) is 9.53 Å². The number of carbonyl (C=O) groups excluding carboxylic acids is 1. The lowest BCUT2D eigenvalue weighted by Gasteiger charge is -2.07. The molecule has 16 heavy (non-hydrogen) atoms. The van der Waals surface area contributed by atoms with Gasteiger partial charge in [-0.1, -0.05) is 23.7 Å². The van der Waals surface area contributed by atoms with E-state index in [4.69, 9.17) is 16.3 Å². The summed E-state index contributed by atoms with van der Waals surface area (Å²) in [6.45, 7) is 0.521. The Labute approximate surface area is 99.3 Å². The van der Waals surface area contributed by atoms with Gasteiger partial charge in [-0.15, -0.1) is 0 Å². The van der Waals surface area contributed by atoms with E-state index >= 15 is 0 Å². The van der Waals surface area contributed by atoms with Crippen LogP contribution >= 0.6 is 11.6 Å². The van der Waals surface area contributed by atoms with Crippen molar-refractivity contribution in [2.45, 2.75) is 0 Å². The van der Waals surface area contributed by atoms with Crippen LogP contribution in [0.25, 0.3) is 5.57 Å². The molecule has 0 saturated carbocycles. The zero-order chi connectivity index (χ0) is 11.7. The standard InChI is InChI=1S/C12H12ClNO2/c1-14-7-10(16-2)11(12(14)15)8-3-5-9(13)6-4-8/h3-6H,7H2,1-2H3. The van der Waals surface area contributed by atoms with Crippen LogP contribution < -0.4 is 0 Å². The lowest BCUT2D eigenvalue weighted by molar-refractivity contribution is -0.122. The summed E-state index contributed by atoms with van der Waals surface area (Å²) in [7, 11) is 3.34. The van der Waals surface area contributed by atoms with Crippen molar-refractivity contribution in [3.63, 3.8) is 0 Å². The van der Waals surface area contributed by atoms with E-state index < -0.39 is 0 Å². The Bertz CT molecular complexity index is 451. The number of hydrogen-bond acceptors (Lipinski definition) is 2. The molecule has 1 aliphatic heterocycles. The molecule has 3 nitrogen and oxygen atoms in total. The minimum Gasteiger partial charge on any atom is -0.498 e. The van der Waals surface area contributed by atoms with Crippen molar-refractivity contribution in [1.29, 1.82) is 0 Å². The number of rotatable bonds is 2. The maximum Gasteiger partial charge on any atom is 0.258 e. The van der Waals surface area contributed by atoms with Crippen LogP contribution in [0.3, 0.4) is 0 Å². The van der Waals surface area contributed by atoms with Crippen LogP contribution in [0, 0.1) is 0 Å². The normalized spacial score (nSPS) is 15.9. The first-order valence-corrected chi connectivity index (χ1v) is 5.30. The fourth-order valence-electron chi connectivity index (χ4n) is 1.74. The van der Waals surface area contributed by atoms with E-state index in [1.165, 1.54) is 0 Å². The van der Waals surface area contributed by atoms with Crippen molar-refractivity contribution >= 4 is 23.1 Å². The molecule has 84 valence electrons. The number of amides is 1. The van der Waals surface area contributed by atoms with Gasteiger partial charge in [0.25, 0.3) is 5.91 Å². The summed E-state index contributed by atoms with van der Waals surface area (Å²) in [5.74, 6) is 0.689. The fourth-order valence-corrected chi connectivity index (χ4v) is 1.87. The smallest absolute Gasteiger partial charge is 0.258 e. The highest BCUT2D eigenvalue weighted by atomic mass is 35.5. The zero-order valence-electron chi connectivity index (χ0n) is 9.16. The summed E-state index contributed by atoms with van der Waals surface area (Å²) in [4.78, 5) is 13.5. The summed E-state index contributed by atoms with van der Waals surface area (Å²) in [5, 5.41) is 0.655. The molecule has 0 bridgehead atoms. The van der Waals surface area contributed by atoms with Gasteiger partial charge in [-0.2, -0.15) is 0 Å².